The molecule has 1 rings (SSSR count). The van der Waals surface area contributed by atoms with E-state index in [0.29, 0.717) is 6.61 Å². The van der Waals surface area contributed by atoms with E-state index in [1.54, 1.807) is 0 Å². The van der Waals surface area contributed by atoms with E-state index in [1.807, 2.05) is 0 Å². The van der Waals surface area contributed by atoms with Gasteiger partial charge in [0.05, 0.1) is 6.61 Å². The first kappa shape index (κ1) is 13.7. The molecule has 0 amide bonds. The Hall–Kier alpha value is -1.35. The summed E-state index contributed by atoms with van der Waals surface area (Å²) in [5, 5.41) is 8.44. The second-order valence-electron chi connectivity index (χ2n) is 4.01. The Kier molecular flexibility index (Phi) is 5.70. The summed E-state index contributed by atoms with van der Waals surface area (Å²) in [5.41, 5.74) is 3.98. The number of carbonyl (C=O) groups is 1. The van der Waals surface area contributed by atoms with Gasteiger partial charge in [-0.05, 0) is 36.0 Å². The third-order valence-electron chi connectivity index (χ3n) is 2.79. The zero-order valence-corrected chi connectivity index (χ0v) is 10.5. The molecule has 0 saturated heterocycles. The first-order chi connectivity index (χ1) is 8.17. The summed E-state index contributed by atoms with van der Waals surface area (Å²) >= 11 is 0. The fourth-order valence-corrected chi connectivity index (χ4v) is 1.86. The van der Waals surface area contributed by atoms with Crippen molar-refractivity contribution >= 4 is 5.97 Å². The van der Waals surface area contributed by atoms with Crippen LogP contribution in [0, 0.1) is 0 Å². The van der Waals surface area contributed by atoms with Gasteiger partial charge in [-0.1, -0.05) is 32.0 Å². The Morgan fingerprint density at radius 2 is 1.94 bits per heavy atom. The lowest BCUT2D eigenvalue weighted by molar-refractivity contribution is -0.142. The normalized spacial score (nSPS) is 10.5. The lowest BCUT2D eigenvalue weighted by atomic mass is 9.99. The van der Waals surface area contributed by atoms with Crippen molar-refractivity contribution in [3.63, 3.8) is 0 Å². The van der Waals surface area contributed by atoms with Crippen molar-refractivity contribution in [2.24, 2.45) is 0 Å². The molecule has 0 atom stereocenters. The van der Waals surface area contributed by atoms with Crippen LogP contribution in [0.3, 0.4) is 0 Å². The van der Waals surface area contributed by atoms with Crippen LogP contribution in [0.5, 0.6) is 0 Å². The molecule has 0 aliphatic carbocycles. The maximum Gasteiger partial charge on any atom is 0.329 e. The summed E-state index contributed by atoms with van der Waals surface area (Å²) in [5.74, 6) is -0.916. The lowest BCUT2D eigenvalue weighted by Gasteiger charge is -2.09. The largest absolute Gasteiger partial charge is 0.480 e. The second kappa shape index (κ2) is 7.07. The summed E-state index contributed by atoms with van der Waals surface area (Å²) in [6, 6.07) is 6.45. The molecule has 0 heterocycles. The zero-order valence-electron chi connectivity index (χ0n) is 10.5. The van der Waals surface area contributed by atoms with Gasteiger partial charge < -0.3 is 9.84 Å². The number of carboxylic acid groups (broad SMARTS) is 1. The monoisotopic (exact) mass is 236 g/mol. The van der Waals surface area contributed by atoms with E-state index in [-0.39, 0.29) is 6.61 Å². The van der Waals surface area contributed by atoms with Crippen molar-refractivity contribution in [3.8, 4) is 0 Å². The predicted octanol–water partition coefficient (Wildman–Crippen LogP) is 2.46. The molecule has 0 spiro atoms. The number of carboxylic acids is 1. The van der Waals surface area contributed by atoms with Crippen molar-refractivity contribution in [1.82, 2.24) is 0 Å². The molecule has 1 N–H and O–H groups in total. The van der Waals surface area contributed by atoms with Crippen molar-refractivity contribution in [1.29, 1.82) is 0 Å². The Bertz CT molecular complexity index is 372. The molecule has 94 valence electrons. The third-order valence-corrected chi connectivity index (χ3v) is 2.79. The third kappa shape index (κ3) is 4.57. The van der Waals surface area contributed by atoms with Crippen LogP contribution < -0.4 is 0 Å². The fourth-order valence-electron chi connectivity index (χ4n) is 1.86. The Morgan fingerprint density at radius 3 is 2.53 bits per heavy atom. The molecule has 0 aliphatic rings. The first-order valence-corrected chi connectivity index (χ1v) is 6.07. The van der Waals surface area contributed by atoms with Crippen LogP contribution in [0.25, 0.3) is 0 Å². The highest BCUT2D eigenvalue weighted by atomic mass is 16.5. The molecule has 1 aromatic carbocycles. The van der Waals surface area contributed by atoms with Crippen LogP contribution in [0.1, 0.15) is 30.5 Å². The summed E-state index contributed by atoms with van der Waals surface area (Å²) < 4.78 is 5.03. The van der Waals surface area contributed by atoms with Crippen LogP contribution in [0.4, 0.5) is 0 Å². The standard InChI is InChI=1S/C14H20O3/c1-3-12-6-5-11(9-13(12)4-2)7-8-17-10-14(15)16/h5-6,9H,3-4,7-8,10H2,1-2H3,(H,15,16). The molecule has 0 fully saturated rings. The number of rotatable bonds is 7. The summed E-state index contributed by atoms with van der Waals surface area (Å²) in [7, 11) is 0. The van der Waals surface area contributed by atoms with Gasteiger partial charge >= 0.3 is 5.97 Å². The lowest BCUT2D eigenvalue weighted by Crippen LogP contribution is -2.09. The minimum Gasteiger partial charge on any atom is -0.480 e. The number of benzene rings is 1. The fraction of sp³-hybridized carbons (Fsp3) is 0.500. The predicted molar refractivity (Wildman–Crippen MR) is 67.4 cm³/mol. The SMILES string of the molecule is CCc1ccc(CCOCC(=O)O)cc1CC. The summed E-state index contributed by atoms with van der Waals surface area (Å²) in [4.78, 5) is 10.3. The second-order valence-corrected chi connectivity index (χ2v) is 4.01. The van der Waals surface area contributed by atoms with E-state index in [2.05, 4.69) is 32.0 Å². The smallest absolute Gasteiger partial charge is 0.329 e. The number of hydrogen-bond acceptors (Lipinski definition) is 2. The molecule has 3 nitrogen and oxygen atoms in total. The number of aliphatic carboxylic acids is 1. The van der Waals surface area contributed by atoms with Crippen molar-refractivity contribution in [3.05, 3.63) is 34.9 Å². The van der Waals surface area contributed by atoms with Gasteiger partial charge in [-0.25, -0.2) is 4.79 Å². The molecule has 0 bridgehead atoms. The minimum absolute atomic E-state index is 0.215. The highest BCUT2D eigenvalue weighted by molar-refractivity contribution is 5.67. The highest BCUT2D eigenvalue weighted by Crippen LogP contribution is 2.14. The van der Waals surface area contributed by atoms with Crippen LogP contribution in [-0.4, -0.2) is 24.3 Å². The molecule has 0 saturated carbocycles. The van der Waals surface area contributed by atoms with Crippen LogP contribution in [-0.2, 0) is 28.8 Å². The van der Waals surface area contributed by atoms with E-state index >= 15 is 0 Å². The van der Waals surface area contributed by atoms with Gasteiger partial charge in [-0.15, -0.1) is 0 Å². The molecular formula is C14H20O3. The molecule has 1 aromatic rings. The number of ether oxygens (including phenoxy) is 1. The highest BCUT2D eigenvalue weighted by Gasteiger charge is 2.02. The van der Waals surface area contributed by atoms with E-state index in [4.69, 9.17) is 9.84 Å². The molecule has 3 heteroatoms. The first-order valence-electron chi connectivity index (χ1n) is 6.07. The molecule has 0 aliphatic heterocycles. The van der Waals surface area contributed by atoms with E-state index < -0.39 is 5.97 Å². The Labute approximate surface area is 102 Å². The van der Waals surface area contributed by atoms with Crippen molar-refractivity contribution < 1.29 is 14.6 Å². The van der Waals surface area contributed by atoms with E-state index in [0.717, 1.165) is 19.3 Å². The average molecular weight is 236 g/mol. The van der Waals surface area contributed by atoms with Crippen LogP contribution in [0.2, 0.25) is 0 Å². The van der Waals surface area contributed by atoms with Gasteiger partial charge in [0, 0.05) is 0 Å². The summed E-state index contributed by atoms with van der Waals surface area (Å²) in [6.07, 6.45) is 2.86. The molecule has 17 heavy (non-hydrogen) atoms. The number of aryl methyl sites for hydroxylation is 2. The van der Waals surface area contributed by atoms with Crippen LogP contribution in [0.15, 0.2) is 18.2 Å². The van der Waals surface area contributed by atoms with Gasteiger partial charge in [0.15, 0.2) is 0 Å². The minimum atomic E-state index is -0.916. The number of hydrogen-bond donors (Lipinski definition) is 1. The van der Waals surface area contributed by atoms with Gasteiger partial charge in [0.2, 0.25) is 0 Å². The molecule has 0 radical (unpaired) electrons. The Morgan fingerprint density at radius 1 is 1.24 bits per heavy atom. The maximum absolute atomic E-state index is 10.3. The van der Waals surface area contributed by atoms with Gasteiger partial charge in [-0.3, -0.25) is 0 Å². The maximum atomic E-state index is 10.3. The summed E-state index contributed by atoms with van der Waals surface area (Å²) in [6.45, 7) is 4.55. The zero-order chi connectivity index (χ0) is 12.7. The Balaban J connectivity index is 2.51. The quantitative estimate of drug-likeness (QED) is 0.740. The molecular weight excluding hydrogens is 216 g/mol. The molecule has 0 aromatic heterocycles. The van der Waals surface area contributed by atoms with Gasteiger partial charge in [-0.2, -0.15) is 0 Å². The average Bonchev–Trinajstić information content (AvgIpc) is 2.34. The molecule has 0 unspecified atom stereocenters. The van der Waals surface area contributed by atoms with Gasteiger partial charge in [0.25, 0.3) is 0 Å². The van der Waals surface area contributed by atoms with Gasteiger partial charge in [0.1, 0.15) is 6.61 Å². The van der Waals surface area contributed by atoms with Crippen molar-refractivity contribution in [2.75, 3.05) is 13.2 Å². The van der Waals surface area contributed by atoms with E-state index in [1.165, 1.54) is 16.7 Å². The van der Waals surface area contributed by atoms with E-state index in [9.17, 15) is 4.79 Å². The van der Waals surface area contributed by atoms with Crippen LogP contribution >= 0.6 is 0 Å². The topological polar surface area (TPSA) is 46.5 Å². The van der Waals surface area contributed by atoms with Crippen molar-refractivity contribution in [2.45, 2.75) is 33.1 Å².